The van der Waals surface area contributed by atoms with Gasteiger partial charge in [0, 0.05) is 17.1 Å². The van der Waals surface area contributed by atoms with Gasteiger partial charge in [0.25, 0.3) is 10.0 Å². The fourth-order valence-corrected chi connectivity index (χ4v) is 5.43. The predicted octanol–water partition coefficient (Wildman–Crippen LogP) is 5.03. The summed E-state index contributed by atoms with van der Waals surface area (Å²) in [5.41, 5.74) is 1.79. The second-order valence-corrected chi connectivity index (χ2v) is 12.1. The molecule has 0 aliphatic carbocycles. The number of hydrogen-bond acceptors (Lipinski definition) is 4. The van der Waals surface area contributed by atoms with Gasteiger partial charge in [-0.25, -0.2) is 12.8 Å². The highest BCUT2D eigenvalue weighted by Gasteiger charge is 2.32. The van der Waals surface area contributed by atoms with Crippen molar-refractivity contribution in [2.45, 2.75) is 51.2 Å². The Morgan fingerprint density at radius 1 is 0.921 bits per heavy atom. The Balaban J connectivity index is 2.02. The van der Waals surface area contributed by atoms with Gasteiger partial charge in [0.15, 0.2) is 0 Å². The van der Waals surface area contributed by atoms with Crippen LogP contribution >= 0.6 is 15.9 Å². The van der Waals surface area contributed by atoms with Crippen LogP contribution in [-0.2, 0) is 26.2 Å². The molecular formula is C28H31BrFN3O4S. The summed E-state index contributed by atoms with van der Waals surface area (Å²) in [4.78, 5) is 28.0. The van der Waals surface area contributed by atoms with E-state index in [0.717, 1.165) is 14.3 Å². The summed E-state index contributed by atoms with van der Waals surface area (Å²) in [6.45, 7) is 6.49. The first-order valence-corrected chi connectivity index (χ1v) is 14.3. The topological polar surface area (TPSA) is 86.8 Å². The third kappa shape index (κ3) is 7.41. The van der Waals surface area contributed by atoms with Crippen molar-refractivity contribution in [3.63, 3.8) is 0 Å². The number of halogens is 2. The van der Waals surface area contributed by atoms with Crippen LogP contribution in [0.1, 0.15) is 31.9 Å². The molecule has 0 spiro atoms. The summed E-state index contributed by atoms with van der Waals surface area (Å²) in [7, 11) is -4.14. The van der Waals surface area contributed by atoms with Crippen LogP contribution in [0.3, 0.4) is 0 Å². The van der Waals surface area contributed by atoms with Gasteiger partial charge < -0.3 is 10.2 Å². The number of nitrogens with zero attached hydrogens (tertiary/aromatic N) is 2. The maximum atomic E-state index is 13.8. The highest BCUT2D eigenvalue weighted by atomic mass is 79.9. The number of carbonyl (C=O) groups is 2. The van der Waals surface area contributed by atoms with E-state index in [2.05, 4.69) is 21.2 Å². The van der Waals surface area contributed by atoms with Gasteiger partial charge in [0.1, 0.15) is 18.4 Å². The fraction of sp³-hybridized carbons (Fsp3) is 0.286. The first-order valence-electron chi connectivity index (χ1n) is 12.1. The number of anilines is 1. The monoisotopic (exact) mass is 603 g/mol. The van der Waals surface area contributed by atoms with E-state index >= 15 is 0 Å². The second kappa shape index (κ2) is 12.5. The van der Waals surface area contributed by atoms with Crippen LogP contribution in [0, 0.1) is 12.7 Å². The van der Waals surface area contributed by atoms with Crippen LogP contribution in [0.5, 0.6) is 0 Å². The van der Waals surface area contributed by atoms with Crippen LogP contribution in [0.2, 0.25) is 0 Å². The van der Waals surface area contributed by atoms with Gasteiger partial charge in [-0.1, -0.05) is 45.8 Å². The molecule has 0 radical (unpaired) electrons. The van der Waals surface area contributed by atoms with Crippen molar-refractivity contribution in [1.82, 2.24) is 10.2 Å². The van der Waals surface area contributed by atoms with E-state index in [4.69, 9.17) is 0 Å². The molecule has 1 N–H and O–H groups in total. The highest BCUT2D eigenvalue weighted by molar-refractivity contribution is 9.10. The van der Waals surface area contributed by atoms with Gasteiger partial charge in [0.05, 0.1) is 10.6 Å². The average Bonchev–Trinajstić information content (AvgIpc) is 2.87. The number of amides is 2. The lowest BCUT2D eigenvalue weighted by molar-refractivity contribution is -0.139. The van der Waals surface area contributed by atoms with Crippen LogP contribution in [0.15, 0.2) is 82.2 Å². The Morgan fingerprint density at radius 3 is 2.05 bits per heavy atom. The van der Waals surface area contributed by atoms with Crippen molar-refractivity contribution in [2.24, 2.45) is 0 Å². The molecule has 0 aliphatic heterocycles. The molecule has 0 saturated carbocycles. The molecule has 3 aromatic rings. The van der Waals surface area contributed by atoms with Gasteiger partial charge in [-0.2, -0.15) is 0 Å². The lowest BCUT2D eigenvalue weighted by Gasteiger charge is -2.32. The standard InChI is InChI=1S/C28H31BrFN3O4S/c1-19(2)31-28(35)21(4)32(17-22-7-11-24(30)12-8-22)27(34)18-33(25-13-9-23(29)10-14-25)38(36,37)26-15-5-20(3)6-16-26/h5-16,19,21H,17-18H2,1-4H3,(H,31,35)/t21-/m1/s1. The molecule has 0 fully saturated rings. The Kier molecular flexibility index (Phi) is 9.67. The highest BCUT2D eigenvalue weighted by Crippen LogP contribution is 2.26. The van der Waals surface area contributed by atoms with Crippen molar-refractivity contribution in [2.75, 3.05) is 10.8 Å². The lowest BCUT2D eigenvalue weighted by atomic mass is 10.1. The Morgan fingerprint density at radius 2 is 1.50 bits per heavy atom. The molecule has 0 aliphatic rings. The predicted molar refractivity (Wildman–Crippen MR) is 150 cm³/mol. The first-order chi connectivity index (χ1) is 17.9. The van der Waals surface area contributed by atoms with Crippen LogP contribution in [-0.4, -0.2) is 43.8 Å². The SMILES string of the molecule is Cc1ccc(S(=O)(=O)N(CC(=O)N(Cc2ccc(F)cc2)[C@H](C)C(=O)NC(C)C)c2ccc(Br)cc2)cc1. The summed E-state index contributed by atoms with van der Waals surface area (Å²) >= 11 is 3.35. The summed E-state index contributed by atoms with van der Waals surface area (Å²) < 4.78 is 42.8. The summed E-state index contributed by atoms with van der Waals surface area (Å²) in [6, 6.07) is 17.5. The van der Waals surface area contributed by atoms with Crippen molar-refractivity contribution in [3.8, 4) is 0 Å². The number of benzene rings is 3. The van der Waals surface area contributed by atoms with Crippen molar-refractivity contribution in [3.05, 3.63) is 94.2 Å². The first kappa shape index (κ1) is 29.3. The van der Waals surface area contributed by atoms with Gasteiger partial charge in [-0.05, 0) is 81.8 Å². The maximum absolute atomic E-state index is 13.8. The van der Waals surface area contributed by atoms with Crippen LogP contribution in [0.25, 0.3) is 0 Å². The molecular weight excluding hydrogens is 573 g/mol. The van der Waals surface area contributed by atoms with Crippen molar-refractivity contribution in [1.29, 1.82) is 0 Å². The van der Waals surface area contributed by atoms with E-state index < -0.39 is 34.3 Å². The Bertz CT molecular complexity index is 1360. The minimum absolute atomic E-state index is 0.00937. The molecule has 0 bridgehead atoms. The number of carbonyl (C=O) groups excluding carboxylic acids is 2. The summed E-state index contributed by atoms with van der Waals surface area (Å²) in [5, 5.41) is 2.80. The molecule has 0 unspecified atom stereocenters. The zero-order chi connectivity index (χ0) is 28.0. The van der Waals surface area contributed by atoms with Crippen molar-refractivity contribution < 1.29 is 22.4 Å². The number of aryl methyl sites for hydroxylation is 1. The van der Waals surface area contributed by atoms with Gasteiger partial charge >= 0.3 is 0 Å². The molecule has 3 rings (SSSR count). The number of nitrogens with one attached hydrogen (secondary N) is 1. The number of hydrogen-bond donors (Lipinski definition) is 1. The Labute approximate surface area is 231 Å². The molecule has 202 valence electrons. The molecule has 10 heteroatoms. The zero-order valence-electron chi connectivity index (χ0n) is 21.7. The van der Waals surface area contributed by atoms with E-state index in [9.17, 15) is 22.4 Å². The zero-order valence-corrected chi connectivity index (χ0v) is 24.1. The molecule has 0 aromatic heterocycles. The van der Waals surface area contributed by atoms with Gasteiger partial charge in [-0.3, -0.25) is 13.9 Å². The normalized spacial score (nSPS) is 12.2. The van der Waals surface area contributed by atoms with E-state index in [0.29, 0.717) is 11.3 Å². The summed E-state index contributed by atoms with van der Waals surface area (Å²) in [5.74, 6) is -1.39. The average molecular weight is 605 g/mol. The van der Waals surface area contributed by atoms with Gasteiger partial charge in [-0.15, -0.1) is 0 Å². The van der Waals surface area contributed by atoms with E-state index in [1.807, 2.05) is 6.92 Å². The molecule has 1 atom stereocenters. The van der Waals surface area contributed by atoms with E-state index in [1.165, 1.54) is 41.3 Å². The number of rotatable bonds is 10. The molecule has 2 amide bonds. The summed E-state index contributed by atoms with van der Waals surface area (Å²) in [6.07, 6.45) is 0. The molecule has 3 aromatic carbocycles. The quantitative estimate of drug-likeness (QED) is 0.352. The minimum atomic E-state index is -4.14. The van der Waals surface area contributed by atoms with E-state index in [1.54, 1.807) is 57.2 Å². The molecule has 38 heavy (non-hydrogen) atoms. The smallest absolute Gasteiger partial charge is 0.264 e. The minimum Gasteiger partial charge on any atom is -0.352 e. The third-order valence-corrected chi connectivity index (χ3v) is 8.18. The molecule has 0 saturated heterocycles. The van der Waals surface area contributed by atoms with Gasteiger partial charge in [0.2, 0.25) is 11.8 Å². The maximum Gasteiger partial charge on any atom is 0.264 e. The van der Waals surface area contributed by atoms with Crippen LogP contribution < -0.4 is 9.62 Å². The van der Waals surface area contributed by atoms with Crippen molar-refractivity contribution >= 4 is 43.5 Å². The van der Waals surface area contributed by atoms with E-state index in [-0.39, 0.29) is 23.4 Å². The largest absolute Gasteiger partial charge is 0.352 e. The Hall–Kier alpha value is -3.24. The second-order valence-electron chi connectivity index (χ2n) is 9.29. The van der Waals surface area contributed by atoms with Crippen LogP contribution in [0.4, 0.5) is 10.1 Å². The molecule has 7 nitrogen and oxygen atoms in total. The lowest BCUT2D eigenvalue weighted by Crippen LogP contribution is -2.52. The molecule has 0 heterocycles. The number of sulfonamides is 1. The fourth-order valence-electron chi connectivity index (χ4n) is 3.75. The third-order valence-electron chi connectivity index (χ3n) is 5.87.